The number of aromatic nitrogens is 2. The maximum Gasteiger partial charge on any atom is 0.109 e. The molecule has 14 heavy (non-hydrogen) atoms. The summed E-state index contributed by atoms with van der Waals surface area (Å²) in [6.07, 6.45) is 6.83. The zero-order valence-corrected chi connectivity index (χ0v) is 8.99. The zero-order chi connectivity index (χ0) is 9.97. The van der Waals surface area contributed by atoms with E-state index in [9.17, 15) is 0 Å². The van der Waals surface area contributed by atoms with Crippen LogP contribution in [0, 0.1) is 0 Å². The third-order valence-electron chi connectivity index (χ3n) is 2.92. The number of rotatable bonds is 3. The van der Waals surface area contributed by atoms with Crippen LogP contribution < -0.4 is 0 Å². The van der Waals surface area contributed by atoms with Gasteiger partial charge in [0.05, 0.1) is 12.3 Å². The molecule has 2 rings (SSSR count). The van der Waals surface area contributed by atoms with Gasteiger partial charge in [0, 0.05) is 32.2 Å². The summed E-state index contributed by atoms with van der Waals surface area (Å²) >= 11 is 0. The van der Waals surface area contributed by atoms with E-state index in [2.05, 4.69) is 22.7 Å². The van der Waals surface area contributed by atoms with Gasteiger partial charge in [-0.2, -0.15) is 0 Å². The summed E-state index contributed by atoms with van der Waals surface area (Å²) in [5.41, 5.74) is 1.18. The summed E-state index contributed by atoms with van der Waals surface area (Å²) in [6.45, 7) is 3.04. The normalized spacial score (nSPS) is 20.9. The van der Waals surface area contributed by atoms with Crippen molar-refractivity contribution in [2.75, 3.05) is 13.7 Å². The molecule has 0 saturated heterocycles. The van der Waals surface area contributed by atoms with Crippen LogP contribution in [-0.4, -0.2) is 23.3 Å². The molecule has 0 fully saturated rings. The lowest BCUT2D eigenvalue weighted by Crippen LogP contribution is -2.14. The van der Waals surface area contributed by atoms with E-state index in [1.807, 2.05) is 0 Å². The molecule has 0 spiro atoms. The minimum Gasteiger partial charge on any atom is -0.384 e. The van der Waals surface area contributed by atoms with Gasteiger partial charge in [-0.15, -0.1) is 0 Å². The van der Waals surface area contributed by atoms with Crippen LogP contribution >= 0.6 is 0 Å². The quantitative estimate of drug-likeness (QED) is 0.735. The molecule has 1 aromatic heterocycles. The highest BCUT2D eigenvalue weighted by molar-refractivity contribution is 5.08. The molecule has 3 nitrogen and oxygen atoms in total. The standard InChI is InChI=1S/C11H18N2O/c1-9-4-3-5-11-12-10(6-7-14-2)8-13(9)11/h8-9H,3-7H2,1-2H3. The van der Waals surface area contributed by atoms with Crippen molar-refractivity contribution < 1.29 is 4.74 Å². The molecule has 1 aliphatic heterocycles. The van der Waals surface area contributed by atoms with E-state index in [1.165, 1.54) is 24.4 Å². The smallest absolute Gasteiger partial charge is 0.109 e. The number of hydrogen-bond acceptors (Lipinski definition) is 2. The molecular formula is C11H18N2O. The lowest BCUT2D eigenvalue weighted by atomic mass is 10.1. The van der Waals surface area contributed by atoms with Gasteiger partial charge in [0.15, 0.2) is 0 Å². The van der Waals surface area contributed by atoms with Crippen LogP contribution in [0.2, 0.25) is 0 Å². The van der Waals surface area contributed by atoms with Crippen molar-refractivity contribution in [3.8, 4) is 0 Å². The Hall–Kier alpha value is -0.830. The third-order valence-corrected chi connectivity index (χ3v) is 2.92. The topological polar surface area (TPSA) is 27.1 Å². The summed E-state index contributed by atoms with van der Waals surface area (Å²) in [5.74, 6) is 1.26. The second-order valence-corrected chi connectivity index (χ2v) is 4.04. The fourth-order valence-electron chi connectivity index (χ4n) is 2.08. The van der Waals surface area contributed by atoms with E-state index in [-0.39, 0.29) is 0 Å². The van der Waals surface area contributed by atoms with Gasteiger partial charge in [-0.25, -0.2) is 4.98 Å². The molecule has 3 heteroatoms. The van der Waals surface area contributed by atoms with E-state index in [0.29, 0.717) is 6.04 Å². The summed E-state index contributed by atoms with van der Waals surface area (Å²) in [5, 5.41) is 0. The maximum atomic E-state index is 5.06. The number of fused-ring (bicyclic) bond motifs is 1. The van der Waals surface area contributed by atoms with Crippen molar-refractivity contribution >= 4 is 0 Å². The Balaban J connectivity index is 2.13. The maximum absolute atomic E-state index is 5.06. The zero-order valence-electron chi connectivity index (χ0n) is 8.99. The molecule has 1 aliphatic rings. The van der Waals surface area contributed by atoms with Crippen molar-refractivity contribution in [1.82, 2.24) is 9.55 Å². The Kier molecular flexibility index (Phi) is 2.87. The Labute approximate surface area is 85.1 Å². The van der Waals surface area contributed by atoms with Crippen molar-refractivity contribution in [2.24, 2.45) is 0 Å². The average Bonchev–Trinajstić information content (AvgIpc) is 2.59. The molecule has 0 amide bonds. The minimum absolute atomic E-state index is 0.627. The summed E-state index contributed by atoms with van der Waals surface area (Å²) in [7, 11) is 1.73. The highest BCUT2D eigenvalue weighted by Crippen LogP contribution is 2.24. The van der Waals surface area contributed by atoms with Crippen molar-refractivity contribution in [3.05, 3.63) is 17.7 Å². The average molecular weight is 194 g/mol. The third kappa shape index (κ3) is 1.82. The lowest BCUT2D eigenvalue weighted by molar-refractivity contribution is 0.201. The number of imidazole rings is 1. The number of nitrogens with zero attached hydrogens (tertiary/aromatic N) is 2. The van der Waals surface area contributed by atoms with Crippen LogP contribution in [0.25, 0.3) is 0 Å². The van der Waals surface area contributed by atoms with E-state index < -0.39 is 0 Å². The van der Waals surface area contributed by atoms with Gasteiger partial charge in [-0.05, 0) is 19.8 Å². The summed E-state index contributed by atoms with van der Waals surface area (Å²) in [6, 6.07) is 0.627. The van der Waals surface area contributed by atoms with Crippen molar-refractivity contribution in [3.63, 3.8) is 0 Å². The van der Waals surface area contributed by atoms with Crippen LogP contribution in [0.4, 0.5) is 0 Å². The predicted molar refractivity (Wildman–Crippen MR) is 55.5 cm³/mol. The monoisotopic (exact) mass is 194 g/mol. The van der Waals surface area contributed by atoms with Gasteiger partial charge >= 0.3 is 0 Å². The SMILES string of the molecule is COCCc1cn2c(n1)CCCC2C. The van der Waals surface area contributed by atoms with E-state index in [4.69, 9.17) is 4.74 Å². The predicted octanol–water partition coefficient (Wildman–Crippen LogP) is 1.97. The first kappa shape index (κ1) is 9.71. The Morgan fingerprint density at radius 1 is 1.64 bits per heavy atom. The highest BCUT2D eigenvalue weighted by atomic mass is 16.5. The van der Waals surface area contributed by atoms with Crippen LogP contribution in [0.3, 0.4) is 0 Å². The van der Waals surface area contributed by atoms with Crippen LogP contribution in [0.1, 0.15) is 37.3 Å². The molecule has 1 unspecified atom stereocenters. The Morgan fingerprint density at radius 3 is 3.21 bits per heavy atom. The van der Waals surface area contributed by atoms with E-state index >= 15 is 0 Å². The van der Waals surface area contributed by atoms with E-state index in [0.717, 1.165) is 19.4 Å². The Bertz CT molecular complexity index is 306. The highest BCUT2D eigenvalue weighted by Gasteiger charge is 2.17. The molecule has 0 saturated carbocycles. The number of hydrogen-bond donors (Lipinski definition) is 0. The number of methoxy groups -OCH3 is 1. The van der Waals surface area contributed by atoms with Crippen LogP contribution in [0.5, 0.6) is 0 Å². The molecule has 1 atom stereocenters. The van der Waals surface area contributed by atoms with Gasteiger partial charge in [0.2, 0.25) is 0 Å². The van der Waals surface area contributed by atoms with Gasteiger partial charge in [-0.1, -0.05) is 0 Å². The second kappa shape index (κ2) is 4.13. The van der Waals surface area contributed by atoms with Crippen molar-refractivity contribution in [1.29, 1.82) is 0 Å². The first-order chi connectivity index (χ1) is 6.81. The molecule has 2 heterocycles. The Morgan fingerprint density at radius 2 is 2.50 bits per heavy atom. The van der Waals surface area contributed by atoms with Gasteiger partial charge in [0.25, 0.3) is 0 Å². The molecule has 0 N–H and O–H groups in total. The number of aryl methyl sites for hydroxylation is 1. The molecule has 78 valence electrons. The molecule has 0 radical (unpaired) electrons. The molecule has 0 bridgehead atoms. The second-order valence-electron chi connectivity index (χ2n) is 4.04. The fourth-order valence-corrected chi connectivity index (χ4v) is 2.08. The fraction of sp³-hybridized carbons (Fsp3) is 0.727. The van der Waals surface area contributed by atoms with Crippen LogP contribution in [0.15, 0.2) is 6.20 Å². The van der Waals surface area contributed by atoms with Gasteiger partial charge < -0.3 is 9.30 Å². The largest absolute Gasteiger partial charge is 0.384 e. The number of ether oxygens (including phenoxy) is 1. The first-order valence-electron chi connectivity index (χ1n) is 5.37. The molecular weight excluding hydrogens is 176 g/mol. The van der Waals surface area contributed by atoms with Crippen LogP contribution in [-0.2, 0) is 17.6 Å². The lowest BCUT2D eigenvalue weighted by Gasteiger charge is -2.20. The van der Waals surface area contributed by atoms with E-state index in [1.54, 1.807) is 7.11 Å². The first-order valence-corrected chi connectivity index (χ1v) is 5.37. The summed E-state index contributed by atoms with van der Waals surface area (Å²) in [4.78, 5) is 4.62. The van der Waals surface area contributed by atoms with Gasteiger partial charge in [-0.3, -0.25) is 0 Å². The van der Waals surface area contributed by atoms with Crippen molar-refractivity contribution in [2.45, 2.75) is 38.6 Å². The molecule has 0 aliphatic carbocycles. The molecule has 1 aromatic rings. The summed E-state index contributed by atoms with van der Waals surface area (Å²) < 4.78 is 7.38. The molecule has 0 aromatic carbocycles. The minimum atomic E-state index is 0.627. The van der Waals surface area contributed by atoms with Gasteiger partial charge in [0.1, 0.15) is 5.82 Å².